The highest BCUT2D eigenvalue weighted by atomic mass is 16.3. The molecule has 57 heavy (non-hydrogen) atoms. The number of aliphatic hydroxyl groups is 3. The highest BCUT2D eigenvalue weighted by Crippen LogP contribution is 2.18. The van der Waals surface area contributed by atoms with Crippen molar-refractivity contribution in [2.45, 2.75) is 321 Å². The monoisotopic (exact) mass is 808 g/mol. The van der Waals surface area contributed by atoms with Gasteiger partial charge in [0.25, 0.3) is 0 Å². The largest absolute Gasteiger partial charge is 0.394 e. The summed E-state index contributed by atoms with van der Waals surface area (Å²) in [6, 6.07) is -0.653. The lowest BCUT2D eigenvalue weighted by molar-refractivity contribution is -0.125. The minimum Gasteiger partial charge on any atom is -0.394 e. The Morgan fingerprint density at radius 2 is 0.596 bits per heavy atom. The molecule has 0 bridgehead atoms. The zero-order valence-corrected chi connectivity index (χ0v) is 39.0. The lowest BCUT2D eigenvalue weighted by atomic mass is 10.0. The summed E-state index contributed by atoms with van der Waals surface area (Å²) in [5, 5.41) is 33.6. The van der Waals surface area contributed by atoms with Crippen LogP contribution in [-0.4, -0.2) is 46.1 Å². The second-order valence-corrected chi connectivity index (χ2v) is 18.5. The van der Waals surface area contributed by atoms with E-state index in [-0.39, 0.29) is 18.9 Å². The van der Waals surface area contributed by atoms with E-state index < -0.39 is 18.2 Å². The first-order chi connectivity index (χ1) is 28.0. The van der Waals surface area contributed by atoms with Gasteiger partial charge in [-0.1, -0.05) is 284 Å². The summed E-state index contributed by atoms with van der Waals surface area (Å²) in [5.41, 5.74) is 0. The first-order valence-electron chi connectivity index (χ1n) is 26.3. The Morgan fingerprint density at radius 1 is 0.368 bits per heavy atom. The zero-order chi connectivity index (χ0) is 41.5. The number of carbonyl (C=O) groups excluding carboxylic acids is 1. The van der Waals surface area contributed by atoms with Gasteiger partial charge in [0.15, 0.2) is 0 Å². The molecule has 3 unspecified atom stereocenters. The van der Waals surface area contributed by atoms with Gasteiger partial charge in [-0.15, -0.1) is 0 Å². The smallest absolute Gasteiger partial charge is 0.222 e. The van der Waals surface area contributed by atoms with Crippen molar-refractivity contribution < 1.29 is 20.1 Å². The Bertz CT molecular complexity index is 762. The van der Waals surface area contributed by atoms with E-state index in [9.17, 15) is 20.1 Å². The van der Waals surface area contributed by atoms with E-state index >= 15 is 0 Å². The maximum absolute atomic E-state index is 12.5. The highest BCUT2D eigenvalue weighted by Gasteiger charge is 2.21. The molecule has 0 fully saturated rings. The quantitative estimate of drug-likeness (QED) is 0.0461. The molecule has 0 saturated carbocycles. The molecular weight excluding hydrogens is 703 g/mol. The van der Waals surface area contributed by atoms with E-state index in [1.807, 2.05) is 0 Å². The van der Waals surface area contributed by atoms with Crippen LogP contribution >= 0.6 is 0 Å². The summed E-state index contributed by atoms with van der Waals surface area (Å²) >= 11 is 0. The van der Waals surface area contributed by atoms with Gasteiger partial charge in [0.2, 0.25) is 5.91 Å². The molecule has 0 aromatic rings. The third-order valence-electron chi connectivity index (χ3n) is 12.7. The van der Waals surface area contributed by atoms with Crippen molar-refractivity contribution in [2.24, 2.45) is 0 Å². The number of hydrogen-bond acceptors (Lipinski definition) is 4. The first-order valence-corrected chi connectivity index (χ1v) is 26.3. The molecule has 3 atom stereocenters. The summed E-state index contributed by atoms with van der Waals surface area (Å²) in [6.07, 6.45) is 56.7. The molecular formula is C52H105NO4. The average Bonchev–Trinajstić information content (AvgIpc) is 3.20. The topological polar surface area (TPSA) is 89.8 Å². The second kappa shape index (κ2) is 48.0. The van der Waals surface area contributed by atoms with Gasteiger partial charge in [0.1, 0.15) is 0 Å². The molecule has 5 heteroatoms. The first kappa shape index (κ1) is 56.4. The van der Waals surface area contributed by atoms with Crippen molar-refractivity contribution in [2.75, 3.05) is 6.61 Å². The van der Waals surface area contributed by atoms with Gasteiger partial charge >= 0.3 is 0 Å². The molecule has 0 aliphatic heterocycles. The third-order valence-corrected chi connectivity index (χ3v) is 12.7. The predicted molar refractivity (Wildman–Crippen MR) is 250 cm³/mol. The molecule has 0 aliphatic rings. The summed E-state index contributed by atoms with van der Waals surface area (Å²) < 4.78 is 0. The highest BCUT2D eigenvalue weighted by molar-refractivity contribution is 5.76. The molecule has 0 heterocycles. The van der Waals surface area contributed by atoms with Crippen LogP contribution in [0.25, 0.3) is 0 Å². The number of unbranched alkanes of at least 4 members (excludes halogenated alkanes) is 40. The van der Waals surface area contributed by atoms with Crippen molar-refractivity contribution in [3.63, 3.8) is 0 Å². The van der Waals surface area contributed by atoms with Gasteiger partial charge in [-0.25, -0.2) is 0 Å². The van der Waals surface area contributed by atoms with E-state index in [2.05, 4.69) is 19.2 Å². The van der Waals surface area contributed by atoms with Crippen LogP contribution in [0.2, 0.25) is 0 Å². The Labute approximate surface area is 357 Å². The van der Waals surface area contributed by atoms with Crippen molar-refractivity contribution in [3.8, 4) is 0 Å². The molecule has 0 spiro atoms. The van der Waals surface area contributed by atoms with E-state index in [4.69, 9.17) is 0 Å². The molecule has 4 N–H and O–H groups in total. The maximum Gasteiger partial charge on any atom is 0.222 e. The van der Waals surface area contributed by atoms with Crippen LogP contribution in [0.3, 0.4) is 0 Å². The van der Waals surface area contributed by atoms with Crippen molar-refractivity contribution >= 4 is 5.91 Å². The Morgan fingerprint density at radius 3 is 0.842 bits per heavy atom. The number of amides is 1. The molecule has 0 aliphatic carbocycles. The van der Waals surface area contributed by atoms with E-state index in [1.54, 1.807) is 0 Å². The average molecular weight is 808 g/mol. The standard InChI is InChI=1S/C52H105NO4/c1-3-5-7-9-11-13-15-17-19-21-23-24-25-26-27-28-30-32-34-36-38-40-42-44-46-51(56)50(48-54)53-52(57)47-49(55)45-43-41-39-37-35-33-31-29-22-20-18-16-14-12-10-8-6-4-2/h49-51,54-56H,3-48H2,1-2H3,(H,53,57). The Hall–Kier alpha value is -0.650. The molecule has 0 aromatic heterocycles. The molecule has 1 amide bonds. The lowest BCUT2D eigenvalue weighted by Gasteiger charge is -2.23. The summed E-state index contributed by atoms with van der Waals surface area (Å²) in [7, 11) is 0. The maximum atomic E-state index is 12.5. The number of aliphatic hydroxyl groups excluding tert-OH is 3. The summed E-state index contributed by atoms with van der Waals surface area (Å²) in [4.78, 5) is 12.5. The Balaban J connectivity index is 3.51. The van der Waals surface area contributed by atoms with Gasteiger partial charge in [-0.3, -0.25) is 4.79 Å². The number of nitrogens with one attached hydrogen (secondary N) is 1. The fourth-order valence-corrected chi connectivity index (χ4v) is 8.64. The fraction of sp³-hybridized carbons (Fsp3) is 0.981. The molecule has 0 radical (unpaired) electrons. The van der Waals surface area contributed by atoms with Gasteiger partial charge in [0.05, 0.1) is 31.3 Å². The molecule has 0 saturated heterocycles. The fourth-order valence-electron chi connectivity index (χ4n) is 8.64. The molecule has 0 aromatic carbocycles. The van der Waals surface area contributed by atoms with E-state index in [0.29, 0.717) is 12.8 Å². The van der Waals surface area contributed by atoms with Crippen molar-refractivity contribution in [1.82, 2.24) is 5.32 Å². The van der Waals surface area contributed by atoms with Crippen LogP contribution < -0.4 is 5.32 Å². The van der Waals surface area contributed by atoms with Crippen LogP contribution in [0.4, 0.5) is 0 Å². The van der Waals surface area contributed by atoms with Crippen LogP contribution in [0.15, 0.2) is 0 Å². The van der Waals surface area contributed by atoms with Gasteiger partial charge in [-0.2, -0.15) is 0 Å². The van der Waals surface area contributed by atoms with E-state index in [1.165, 1.54) is 244 Å². The van der Waals surface area contributed by atoms with E-state index in [0.717, 1.165) is 25.7 Å². The van der Waals surface area contributed by atoms with Crippen LogP contribution in [0, 0.1) is 0 Å². The predicted octanol–water partition coefficient (Wildman–Crippen LogP) is 15.8. The molecule has 5 nitrogen and oxygen atoms in total. The number of hydrogen-bond donors (Lipinski definition) is 4. The van der Waals surface area contributed by atoms with Crippen LogP contribution in [-0.2, 0) is 4.79 Å². The molecule has 342 valence electrons. The normalized spacial score (nSPS) is 13.3. The number of rotatable bonds is 49. The van der Waals surface area contributed by atoms with Crippen molar-refractivity contribution in [1.29, 1.82) is 0 Å². The van der Waals surface area contributed by atoms with Gasteiger partial charge < -0.3 is 20.6 Å². The second-order valence-electron chi connectivity index (χ2n) is 18.5. The lowest BCUT2D eigenvalue weighted by Crippen LogP contribution is -2.46. The van der Waals surface area contributed by atoms with Crippen molar-refractivity contribution in [3.05, 3.63) is 0 Å². The third kappa shape index (κ3) is 44.7. The van der Waals surface area contributed by atoms with Gasteiger partial charge in [0, 0.05) is 0 Å². The Kier molecular flexibility index (Phi) is 47.5. The number of carbonyl (C=O) groups is 1. The summed E-state index contributed by atoms with van der Waals surface area (Å²) in [6.45, 7) is 4.30. The molecule has 0 rings (SSSR count). The van der Waals surface area contributed by atoms with Crippen LogP contribution in [0.1, 0.15) is 303 Å². The zero-order valence-electron chi connectivity index (χ0n) is 39.0. The van der Waals surface area contributed by atoms with Gasteiger partial charge in [-0.05, 0) is 12.8 Å². The minimum atomic E-state index is -0.745. The summed E-state index contributed by atoms with van der Waals surface area (Å²) in [5.74, 6) is -0.275. The minimum absolute atomic E-state index is 0.0433. The van der Waals surface area contributed by atoms with Crippen LogP contribution in [0.5, 0.6) is 0 Å². The SMILES string of the molecule is CCCCCCCCCCCCCCCCCCCCCCCCCCC(O)C(CO)NC(=O)CC(O)CCCCCCCCCCCCCCCCCCCC.